The number of carbonyl (C=O) groups excluding carboxylic acids is 3. The number of allylic oxidation sites excluding steroid dienone is 12. The van der Waals surface area contributed by atoms with Crippen molar-refractivity contribution in [3.63, 3.8) is 0 Å². The summed E-state index contributed by atoms with van der Waals surface area (Å²) in [6, 6.07) is 0. The Morgan fingerprint density at radius 2 is 0.565 bits per heavy atom. The van der Waals surface area contributed by atoms with Gasteiger partial charge in [0.25, 0.3) is 0 Å². The van der Waals surface area contributed by atoms with E-state index in [1.54, 1.807) is 0 Å². The van der Waals surface area contributed by atoms with Crippen LogP contribution in [0.3, 0.4) is 0 Å². The van der Waals surface area contributed by atoms with E-state index in [2.05, 4.69) is 93.7 Å². The fourth-order valence-electron chi connectivity index (χ4n) is 8.33. The van der Waals surface area contributed by atoms with Crippen molar-refractivity contribution in [3.8, 4) is 0 Å². The second-order valence-corrected chi connectivity index (χ2v) is 19.5. The van der Waals surface area contributed by atoms with Crippen molar-refractivity contribution in [2.45, 2.75) is 297 Å². The number of hydrogen-bond donors (Lipinski definition) is 0. The second-order valence-electron chi connectivity index (χ2n) is 19.5. The zero-order chi connectivity index (χ0) is 50.0. The van der Waals surface area contributed by atoms with E-state index in [1.807, 2.05) is 0 Å². The predicted molar refractivity (Wildman–Crippen MR) is 298 cm³/mol. The molecule has 0 radical (unpaired) electrons. The summed E-state index contributed by atoms with van der Waals surface area (Å²) in [6.45, 7) is 6.51. The molecule has 0 spiro atoms. The van der Waals surface area contributed by atoms with E-state index >= 15 is 0 Å². The van der Waals surface area contributed by atoms with E-state index < -0.39 is 6.10 Å². The van der Waals surface area contributed by atoms with Gasteiger partial charge in [0.1, 0.15) is 13.2 Å². The van der Waals surface area contributed by atoms with Crippen LogP contribution in [0.2, 0.25) is 0 Å². The van der Waals surface area contributed by atoms with Gasteiger partial charge in [-0.15, -0.1) is 0 Å². The Morgan fingerprint density at radius 1 is 0.304 bits per heavy atom. The molecular formula is C63H110O6. The zero-order valence-corrected chi connectivity index (χ0v) is 45.6. The van der Waals surface area contributed by atoms with Gasteiger partial charge in [0.2, 0.25) is 0 Å². The van der Waals surface area contributed by atoms with Crippen molar-refractivity contribution >= 4 is 17.9 Å². The van der Waals surface area contributed by atoms with E-state index in [0.717, 1.165) is 96.3 Å². The largest absolute Gasteiger partial charge is 0.462 e. The first kappa shape index (κ1) is 65.8. The Labute approximate surface area is 427 Å². The van der Waals surface area contributed by atoms with Gasteiger partial charge in [0.05, 0.1) is 0 Å². The first-order valence-corrected chi connectivity index (χ1v) is 29.4. The number of esters is 3. The third-order valence-electron chi connectivity index (χ3n) is 12.7. The van der Waals surface area contributed by atoms with Crippen LogP contribution in [0, 0.1) is 0 Å². The molecule has 398 valence electrons. The molecule has 1 atom stereocenters. The van der Waals surface area contributed by atoms with Crippen molar-refractivity contribution in [1.29, 1.82) is 0 Å². The Hall–Kier alpha value is -3.15. The van der Waals surface area contributed by atoms with E-state index in [9.17, 15) is 14.4 Å². The number of rotatable bonds is 53. The van der Waals surface area contributed by atoms with Gasteiger partial charge in [0.15, 0.2) is 6.10 Å². The average molecular weight is 964 g/mol. The molecular weight excluding hydrogens is 853 g/mol. The summed E-state index contributed by atoms with van der Waals surface area (Å²) in [6.07, 6.45) is 73.4. The second kappa shape index (κ2) is 57.4. The molecule has 0 aromatic heterocycles. The number of ether oxygens (including phenoxy) is 3. The highest BCUT2D eigenvalue weighted by Crippen LogP contribution is 2.16. The SMILES string of the molecule is CC/C=C\C/C=C\C/C=C\C/C=C\C/C=C\C/C=C\CCCCCCCCCCCCC(=O)OCC(COC(=O)CCCCCCCCCC)OC(=O)CCCCCCCCCCCCCCCC. The summed E-state index contributed by atoms with van der Waals surface area (Å²) >= 11 is 0. The highest BCUT2D eigenvalue weighted by molar-refractivity contribution is 5.71. The highest BCUT2D eigenvalue weighted by Gasteiger charge is 2.19. The number of carbonyl (C=O) groups is 3. The van der Waals surface area contributed by atoms with E-state index in [-0.39, 0.29) is 31.1 Å². The van der Waals surface area contributed by atoms with Crippen molar-refractivity contribution in [2.24, 2.45) is 0 Å². The van der Waals surface area contributed by atoms with Crippen LogP contribution in [0.4, 0.5) is 0 Å². The molecule has 0 rings (SSSR count). The van der Waals surface area contributed by atoms with Crippen LogP contribution >= 0.6 is 0 Å². The first-order valence-electron chi connectivity index (χ1n) is 29.4. The third-order valence-corrected chi connectivity index (χ3v) is 12.7. The minimum Gasteiger partial charge on any atom is -0.462 e. The Morgan fingerprint density at radius 3 is 0.884 bits per heavy atom. The quantitative estimate of drug-likeness (QED) is 0.0262. The number of hydrogen-bond acceptors (Lipinski definition) is 6. The van der Waals surface area contributed by atoms with Gasteiger partial charge in [0, 0.05) is 19.3 Å². The molecule has 0 heterocycles. The Kier molecular flexibility index (Phi) is 54.8. The molecule has 0 saturated carbocycles. The van der Waals surface area contributed by atoms with Gasteiger partial charge < -0.3 is 14.2 Å². The lowest BCUT2D eigenvalue weighted by molar-refractivity contribution is -0.167. The average Bonchev–Trinajstić information content (AvgIpc) is 3.35. The van der Waals surface area contributed by atoms with Crippen LogP contribution in [-0.4, -0.2) is 37.2 Å². The van der Waals surface area contributed by atoms with Crippen molar-refractivity contribution in [3.05, 3.63) is 72.9 Å². The van der Waals surface area contributed by atoms with E-state index in [0.29, 0.717) is 19.3 Å². The topological polar surface area (TPSA) is 78.9 Å². The number of unbranched alkanes of at least 4 members (excludes halogenated alkanes) is 30. The molecule has 0 aliphatic carbocycles. The standard InChI is InChI=1S/C63H110O6/c1-4-7-10-13-16-19-21-23-25-26-27-28-29-30-31-32-33-34-35-36-37-38-39-41-42-44-47-50-53-56-62(65)68-59-60(58-67-61(64)55-52-49-46-18-15-12-9-6-3)69-63(66)57-54-51-48-45-43-40-24-22-20-17-14-11-8-5-2/h7,10,16,19,23,25,27-28,30-31,33-34,60H,4-6,8-9,11-15,17-18,20-22,24,26,29,32,35-59H2,1-3H3/b10-7-,19-16-,25-23-,28-27-,31-30-,34-33-. The normalized spacial score (nSPS) is 12.6. The summed E-state index contributed by atoms with van der Waals surface area (Å²) in [5.41, 5.74) is 0. The van der Waals surface area contributed by atoms with Crippen molar-refractivity contribution < 1.29 is 28.6 Å². The van der Waals surface area contributed by atoms with Crippen LogP contribution in [0.5, 0.6) is 0 Å². The molecule has 6 heteroatoms. The van der Waals surface area contributed by atoms with E-state index in [4.69, 9.17) is 14.2 Å². The van der Waals surface area contributed by atoms with Crippen LogP contribution < -0.4 is 0 Å². The molecule has 1 unspecified atom stereocenters. The highest BCUT2D eigenvalue weighted by atomic mass is 16.6. The van der Waals surface area contributed by atoms with Gasteiger partial charge in [-0.2, -0.15) is 0 Å². The summed E-state index contributed by atoms with van der Waals surface area (Å²) < 4.78 is 16.8. The van der Waals surface area contributed by atoms with Crippen LogP contribution in [-0.2, 0) is 28.6 Å². The van der Waals surface area contributed by atoms with E-state index in [1.165, 1.54) is 154 Å². The lowest BCUT2D eigenvalue weighted by atomic mass is 10.0. The first-order chi connectivity index (χ1) is 34.0. The summed E-state index contributed by atoms with van der Waals surface area (Å²) in [5.74, 6) is -0.871. The van der Waals surface area contributed by atoms with Crippen LogP contribution in [0.1, 0.15) is 290 Å². The minimum absolute atomic E-state index is 0.0723. The van der Waals surface area contributed by atoms with Crippen LogP contribution in [0.15, 0.2) is 72.9 Å². The summed E-state index contributed by atoms with van der Waals surface area (Å²) in [4.78, 5) is 38.0. The summed E-state index contributed by atoms with van der Waals surface area (Å²) in [5, 5.41) is 0. The zero-order valence-electron chi connectivity index (χ0n) is 45.6. The maximum Gasteiger partial charge on any atom is 0.306 e. The molecule has 6 nitrogen and oxygen atoms in total. The van der Waals surface area contributed by atoms with Gasteiger partial charge in [-0.25, -0.2) is 0 Å². The van der Waals surface area contributed by atoms with Crippen LogP contribution in [0.25, 0.3) is 0 Å². The smallest absolute Gasteiger partial charge is 0.306 e. The van der Waals surface area contributed by atoms with Crippen molar-refractivity contribution in [1.82, 2.24) is 0 Å². The monoisotopic (exact) mass is 963 g/mol. The predicted octanol–water partition coefficient (Wildman–Crippen LogP) is 19.8. The molecule has 0 fully saturated rings. The fourth-order valence-corrected chi connectivity index (χ4v) is 8.33. The molecule has 0 amide bonds. The molecule has 0 aromatic carbocycles. The maximum atomic E-state index is 12.8. The van der Waals surface area contributed by atoms with Gasteiger partial charge >= 0.3 is 17.9 Å². The third kappa shape index (κ3) is 55.6. The lowest BCUT2D eigenvalue weighted by Gasteiger charge is -2.18. The molecule has 0 saturated heterocycles. The minimum atomic E-state index is -0.771. The lowest BCUT2D eigenvalue weighted by Crippen LogP contribution is -2.30. The maximum absolute atomic E-state index is 12.8. The molecule has 0 aliphatic rings. The fraction of sp³-hybridized carbons (Fsp3) is 0.762. The molecule has 0 N–H and O–H groups in total. The van der Waals surface area contributed by atoms with Gasteiger partial charge in [-0.1, -0.05) is 273 Å². The van der Waals surface area contributed by atoms with Gasteiger partial charge in [-0.3, -0.25) is 14.4 Å². The summed E-state index contributed by atoms with van der Waals surface area (Å²) in [7, 11) is 0. The van der Waals surface area contributed by atoms with Gasteiger partial charge in [-0.05, 0) is 70.6 Å². The molecule has 0 aromatic rings. The Balaban J connectivity index is 4.14. The molecule has 0 aliphatic heterocycles. The van der Waals surface area contributed by atoms with Crippen molar-refractivity contribution in [2.75, 3.05) is 13.2 Å². The molecule has 69 heavy (non-hydrogen) atoms. The Bertz CT molecular complexity index is 1290. The molecule has 0 bridgehead atoms.